The van der Waals surface area contributed by atoms with Gasteiger partial charge in [-0.1, -0.05) is 53.5 Å². The van der Waals surface area contributed by atoms with Gasteiger partial charge in [0.25, 0.3) is 5.56 Å². The second-order valence-corrected chi connectivity index (χ2v) is 6.24. The third-order valence-electron chi connectivity index (χ3n) is 3.73. The number of nitrogens with one attached hydrogen (secondary N) is 1. The van der Waals surface area contributed by atoms with Crippen LogP contribution in [0.15, 0.2) is 50.5 Å². The first-order valence-corrected chi connectivity index (χ1v) is 8.64. The Bertz CT molecular complexity index is 878. The number of ether oxygens (including phenoxy) is 1. The third kappa shape index (κ3) is 4.91. The molecule has 9 heteroatoms. The zero-order chi connectivity index (χ0) is 19.1. The van der Waals surface area contributed by atoms with Crippen molar-refractivity contribution in [2.24, 2.45) is 0 Å². The highest BCUT2D eigenvalue weighted by Crippen LogP contribution is 2.21. The molecule has 0 aliphatic heterocycles. The fourth-order valence-corrected chi connectivity index (χ4v) is 2.74. The maximum atomic E-state index is 12.5. The molecular weight excluding hydrogens is 379 g/mol. The number of anilines is 2. The Balaban J connectivity index is 2.52. The molecule has 26 heavy (non-hydrogen) atoms. The molecule has 0 saturated heterocycles. The highest BCUT2D eigenvalue weighted by molar-refractivity contribution is 6.36. The van der Waals surface area contributed by atoms with Gasteiger partial charge in [0.1, 0.15) is 11.5 Å². The maximum absolute atomic E-state index is 12.5. The molecule has 1 aromatic heterocycles. The van der Waals surface area contributed by atoms with Gasteiger partial charge in [-0.15, -0.1) is 0 Å². The van der Waals surface area contributed by atoms with Crippen molar-refractivity contribution in [3.8, 4) is 0 Å². The van der Waals surface area contributed by atoms with Gasteiger partial charge in [-0.2, -0.15) is 0 Å². The van der Waals surface area contributed by atoms with E-state index in [1.165, 1.54) is 17.2 Å². The van der Waals surface area contributed by atoms with Crippen LogP contribution in [-0.4, -0.2) is 29.8 Å². The largest absolute Gasteiger partial charge is 0.383 e. The zero-order valence-corrected chi connectivity index (χ0v) is 15.8. The van der Waals surface area contributed by atoms with E-state index >= 15 is 0 Å². The second-order valence-electron chi connectivity index (χ2n) is 5.54. The van der Waals surface area contributed by atoms with E-state index in [-0.39, 0.29) is 31.2 Å². The molecule has 7 nitrogen and oxygen atoms in total. The molecule has 0 spiro atoms. The fourth-order valence-electron chi connectivity index (χ4n) is 2.52. The van der Waals surface area contributed by atoms with Gasteiger partial charge >= 0.3 is 5.69 Å². The first-order chi connectivity index (χ1) is 12.5. The summed E-state index contributed by atoms with van der Waals surface area (Å²) in [6.07, 6.45) is 0. The Morgan fingerprint density at radius 3 is 2.65 bits per heavy atom. The number of halogens is 2. The lowest BCUT2D eigenvalue weighted by molar-refractivity contribution is 0.186. The molecule has 0 amide bonds. The summed E-state index contributed by atoms with van der Waals surface area (Å²) in [4.78, 5) is 28.5. The minimum absolute atomic E-state index is 0.0470. The Hall–Kier alpha value is -2.22. The molecule has 0 unspecified atom stereocenters. The number of benzene rings is 1. The molecule has 0 aliphatic rings. The minimum atomic E-state index is -0.591. The molecule has 1 heterocycles. The number of rotatable bonds is 8. The third-order valence-corrected chi connectivity index (χ3v) is 4.33. The average Bonchev–Trinajstić information content (AvgIpc) is 2.62. The van der Waals surface area contributed by atoms with Gasteiger partial charge in [0.15, 0.2) is 0 Å². The summed E-state index contributed by atoms with van der Waals surface area (Å²) >= 11 is 11.8. The SMILES string of the molecule is COCCn1c(N)c(N(C/C(Cl)=C/Cl)Cc2ccccc2)c(=O)[nH]c1=O. The van der Waals surface area contributed by atoms with Gasteiger partial charge in [-0.3, -0.25) is 14.3 Å². The van der Waals surface area contributed by atoms with Crippen LogP contribution in [0.1, 0.15) is 5.56 Å². The average molecular weight is 399 g/mol. The van der Waals surface area contributed by atoms with Crippen molar-refractivity contribution < 1.29 is 4.74 Å². The zero-order valence-electron chi connectivity index (χ0n) is 14.2. The number of hydrogen-bond acceptors (Lipinski definition) is 5. The van der Waals surface area contributed by atoms with E-state index in [0.29, 0.717) is 11.6 Å². The summed E-state index contributed by atoms with van der Waals surface area (Å²) in [6, 6.07) is 9.50. The smallest absolute Gasteiger partial charge is 0.330 e. The fraction of sp³-hybridized carbons (Fsp3) is 0.294. The molecule has 3 N–H and O–H groups in total. The number of nitrogen functional groups attached to an aromatic ring is 1. The van der Waals surface area contributed by atoms with E-state index < -0.39 is 11.2 Å². The van der Waals surface area contributed by atoms with Gasteiger partial charge in [0, 0.05) is 24.2 Å². The first kappa shape index (κ1) is 20.1. The van der Waals surface area contributed by atoms with Crippen LogP contribution in [0.2, 0.25) is 0 Å². The summed E-state index contributed by atoms with van der Waals surface area (Å²) in [5.41, 5.74) is 7.30. The standard InChI is InChI=1S/C17H20Cl2N4O3/c1-26-8-7-23-15(20)14(16(24)21-17(23)25)22(11-13(19)9-18)10-12-5-3-2-4-6-12/h2-6,9H,7-8,10-11,20H2,1H3,(H,21,24,25)/b13-9-. The van der Waals surface area contributed by atoms with Crippen LogP contribution in [0.5, 0.6) is 0 Å². The number of nitrogens with zero attached hydrogens (tertiary/aromatic N) is 2. The lowest BCUT2D eigenvalue weighted by Gasteiger charge is -2.26. The summed E-state index contributed by atoms with van der Waals surface area (Å²) in [6.45, 7) is 1.01. The highest BCUT2D eigenvalue weighted by Gasteiger charge is 2.20. The quantitative estimate of drug-likeness (QED) is 0.709. The molecule has 0 bridgehead atoms. The van der Waals surface area contributed by atoms with Crippen molar-refractivity contribution >= 4 is 34.7 Å². The van der Waals surface area contributed by atoms with Crippen LogP contribution < -0.4 is 21.9 Å². The second kappa shape index (κ2) is 9.47. The maximum Gasteiger partial charge on any atom is 0.330 e. The molecule has 140 valence electrons. The Kier molecular flexibility index (Phi) is 7.32. The molecule has 1 aromatic carbocycles. The molecule has 0 atom stereocenters. The summed E-state index contributed by atoms with van der Waals surface area (Å²) < 4.78 is 6.26. The number of H-pyrrole nitrogens is 1. The van der Waals surface area contributed by atoms with Crippen LogP contribution in [0.4, 0.5) is 11.5 Å². The number of methoxy groups -OCH3 is 1. The van der Waals surface area contributed by atoms with Crippen LogP contribution in [0.25, 0.3) is 0 Å². The van der Waals surface area contributed by atoms with Gasteiger partial charge in [-0.05, 0) is 5.56 Å². The molecule has 0 aliphatic carbocycles. The van der Waals surface area contributed by atoms with Gasteiger partial charge in [0.05, 0.1) is 19.7 Å². The van der Waals surface area contributed by atoms with Crippen LogP contribution >= 0.6 is 23.2 Å². The Labute approximate surface area is 160 Å². The lowest BCUT2D eigenvalue weighted by Crippen LogP contribution is -2.39. The van der Waals surface area contributed by atoms with E-state index in [1.807, 2.05) is 30.3 Å². The minimum Gasteiger partial charge on any atom is -0.383 e. The molecule has 2 aromatic rings. The monoisotopic (exact) mass is 398 g/mol. The van der Waals surface area contributed by atoms with Gasteiger partial charge in [-0.25, -0.2) is 4.79 Å². The van der Waals surface area contributed by atoms with Crippen molar-refractivity contribution in [3.05, 3.63) is 67.3 Å². The van der Waals surface area contributed by atoms with Crippen molar-refractivity contribution in [3.63, 3.8) is 0 Å². The van der Waals surface area contributed by atoms with Gasteiger partial charge < -0.3 is 15.4 Å². The Morgan fingerprint density at radius 2 is 2.04 bits per heavy atom. The summed E-state index contributed by atoms with van der Waals surface area (Å²) in [5.74, 6) is 0.0470. The summed E-state index contributed by atoms with van der Waals surface area (Å²) in [7, 11) is 1.51. The topological polar surface area (TPSA) is 93.3 Å². The van der Waals surface area contributed by atoms with E-state index in [1.54, 1.807) is 4.90 Å². The van der Waals surface area contributed by atoms with Crippen molar-refractivity contribution in [1.82, 2.24) is 9.55 Å². The van der Waals surface area contributed by atoms with Gasteiger partial charge in [0.2, 0.25) is 0 Å². The number of aromatic nitrogens is 2. The van der Waals surface area contributed by atoms with E-state index in [4.69, 9.17) is 33.7 Å². The number of hydrogen-bond donors (Lipinski definition) is 2. The molecular formula is C17H20Cl2N4O3. The predicted octanol–water partition coefficient (Wildman–Crippen LogP) is 2.09. The van der Waals surface area contributed by atoms with Crippen molar-refractivity contribution in [2.45, 2.75) is 13.1 Å². The van der Waals surface area contributed by atoms with E-state index in [0.717, 1.165) is 5.56 Å². The Morgan fingerprint density at radius 1 is 1.35 bits per heavy atom. The molecule has 0 saturated carbocycles. The van der Waals surface area contributed by atoms with E-state index in [9.17, 15) is 9.59 Å². The molecule has 0 radical (unpaired) electrons. The molecule has 2 rings (SSSR count). The van der Waals surface area contributed by atoms with Crippen molar-refractivity contribution in [2.75, 3.05) is 30.9 Å². The molecule has 0 fully saturated rings. The summed E-state index contributed by atoms with van der Waals surface area (Å²) in [5, 5.41) is 0.330. The first-order valence-electron chi connectivity index (χ1n) is 7.83. The van der Waals surface area contributed by atoms with Crippen LogP contribution in [-0.2, 0) is 17.8 Å². The highest BCUT2D eigenvalue weighted by atomic mass is 35.5. The lowest BCUT2D eigenvalue weighted by atomic mass is 10.2. The van der Waals surface area contributed by atoms with Crippen LogP contribution in [0.3, 0.4) is 0 Å². The van der Waals surface area contributed by atoms with E-state index in [2.05, 4.69) is 4.98 Å². The number of aromatic amines is 1. The number of nitrogens with two attached hydrogens (primary N) is 1. The normalized spacial score (nSPS) is 11.6. The van der Waals surface area contributed by atoms with Crippen LogP contribution in [0, 0.1) is 0 Å². The van der Waals surface area contributed by atoms with Crippen molar-refractivity contribution in [1.29, 1.82) is 0 Å². The predicted molar refractivity (Wildman–Crippen MR) is 105 cm³/mol.